The molecule has 8 nitrogen and oxygen atoms in total. The van der Waals surface area contributed by atoms with E-state index in [9.17, 15) is 14.7 Å². The zero-order chi connectivity index (χ0) is 26.9. The van der Waals surface area contributed by atoms with Crippen molar-refractivity contribution < 1.29 is 14.7 Å². The lowest BCUT2D eigenvalue weighted by molar-refractivity contribution is -0.136. The van der Waals surface area contributed by atoms with Crippen LogP contribution < -0.4 is 5.56 Å². The predicted molar refractivity (Wildman–Crippen MR) is 151 cm³/mol. The first-order valence-electron chi connectivity index (χ1n) is 15.1. The van der Waals surface area contributed by atoms with Gasteiger partial charge in [0, 0.05) is 30.6 Å². The minimum Gasteiger partial charge on any atom is -0.481 e. The van der Waals surface area contributed by atoms with Gasteiger partial charge in [-0.15, -0.1) is 0 Å². The maximum absolute atomic E-state index is 14.1. The number of carbonyl (C=O) groups is 1. The molecule has 2 aromatic rings. The predicted octanol–water partition coefficient (Wildman–Crippen LogP) is 5.53. The fourth-order valence-electron chi connectivity index (χ4n) is 8.55. The van der Waals surface area contributed by atoms with Crippen LogP contribution in [0.15, 0.2) is 34.2 Å². The first-order valence-corrected chi connectivity index (χ1v) is 15.1. The fourth-order valence-corrected chi connectivity index (χ4v) is 8.55. The molecule has 4 fully saturated rings. The summed E-state index contributed by atoms with van der Waals surface area (Å²) < 4.78 is 1.97. The van der Waals surface area contributed by atoms with E-state index in [4.69, 9.17) is 4.84 Å². The Morgan fingerprint density at radius 2 is 1.62 bits per heavy atom. The first-order chi connectivity index (χ1) is 19.0. The van der Waals surface area contributed by atoms with Gasteiger partial charge in [-0.2, -0.15) is 0 Å². The van der Waals surface area contributed by atoms with E-state index in [1.54, 1.807) is 0 Å². The average molecular weight is 535 g/mol. The Hall–Kier alpha value is -2.74. The van der Waals surface area contributed by atoms with Gasteiger partial charge in [0.1, 0.15) is 12.8 Å². The van der Waals surface area contributed by atoms with Gasteiger partial charge >= 0.3 is 5.97 Å². The quantitative estimate of drug-likeness (QED) is 0.371. The summed E-state index contributed by atoms with van der Waals surface area (Å²) in [6.45, 7) is 0. The van der Waals surface area contributed by atoms with Crippen LogP contribution in [0.1, 0.15) is 102 Å². The molecule has 0 spiro atoms. The molecule has 4 bridgehead atoms. The van der Waals surface area contributed by atoms with Crippen molar-refractivity contribution in [2.24, 2.45) is 17.0 Å². The molecule has 3 heterocycles. The van der Waals surface area contributed by atoms with Crippen LogP contribution in [-0.2, 0) is 9.63 Å². The standard InChI is InChI=1S/C31H42N4O4/c1-39-33-27(13-14-29(36)37)30-31(38)35(28-12-5-4-11-26(28)32-30)25-18-22-9-6-10-23(19-25)34(22)24-16-20-7-2-3-8-21(15-20)17-24/h4-5,11-12,20-25H,2-3,6-10,13-19H2,1H3,(H,36,37)/b33-27+/t20-,21+,22-,23+,24-,25+. The van der Waals surface area contributed by atoms with E-state index in [1.807, 2.05) is 28.8 Å². The van der Waals surface area contributed by atoms with Crippen molar-refractivity contribution in [3.8, 4) is 0 Å². The zero-order valence-electron chi connectivity index (χ0n) is 23.1. The Bertz CT molecular complexity index is 1260. The van der Waals surface area contributed by atoms with Crippen molar-refractivity contribution in [2.45, 2.75) is 114 Å². The number of rotatable bonds is 7. The number of carboxylic acids is 1. The van der Waals surface area contributed by atoms with E-state index in [0.717, 1.165) is 35.7 Å². The summed E-state index contributed by atoms with van der Waals surface area (Å²) in [4.78, 5) is 38.0. The summed E-state index contributed by atoms with van der Waals surface area (Å²) >= 11 is 0. The normalized spacial score (nSPS) is 31.6. The lowest BCUT2D eigenvalue weighted by Crippen LogP contribution is -2.58. The molecule has 2 saturated heterocycles. The molecule has 1 aromatic carbocycles. The molecule has 2 aliphatic heterocycles. The highest BCUT2D eigenvalue weighted by atomic mass is 16.6. The maximum atomic E-state index is 14.1. The van der Waals surface area contributed by atoms with Crippen LogP contribution in [0.4, 0.5) is 0 Å². The van der Waals surface area contributed by atoms with Crippen LogP contribution >= 0.6 is 0 Å². The number of oxime groups is 1. The van der Waals surface area contributed by atoms with Crippen LogP contribution in [0.2, 0.25) is 0 Å². The van der Waals surface area contributed by atoms with E-state index in [1.165, 1.54) is 71.3 Å². The second-order valence-electron chi connectivity index (χ2n) is 12.4. The molecule has 1 N–H and O–H groups in total. The minimum absolute atomic E-state index is 0.0878. The van der Waals surface area contributed by atoms with Gasteiger partial charge < -0.3 is 14.5 Å². The molecule has 4 aliphatic rings. The molecular formula is C31H42N4O4. The van der Waals surface area contributed by atoms with E-state index in [-0.39, 0.29) is 30.1 Å². The highest BCUT2D eigenvalue weighted by Crippen LogP contribution is 2.47. The van der Waals surface area contributed by atoms with E-state index < -0.39 is 5.97 Å². The number of benzene rings is 1. The summed E-state index contributed by atoms with van der Waals surface area (Å²) in [7, 11) is 1.42. The average Bonchev–Trinajstić information content (AvgIpc) is 3.09. The maximum Gasteiger partial charge on any atom is 0.303 e. The molecule has 39 heavy (non-hydrogen) atoms. The lowest BCUT2D eigenvalue weighted by Gasteiger charge is -2.54. The highest BCUT2D eigenvalue weighted by Gasteiger charge is 2.45. The first kappa shape index (κ1) is 26.5. The van der Waals surface area contributed by atoms with E-state index in [2.05, 4.69) is 15.0 Å². The van der Waals surface area contributed by atoms with Gasteiger partial charge in [-0.1, -0.05) is 49.4 Å². The van der Waals surface area contributed by atoms with Crippen molar-refractivity contribution >= 4 is 22.7 Å². The van der Waals surface area contributed by atoms with E-state index >= 15 is 0 Å². The number of hydrogen-bond donors (Lipinski definition) is 1. The Balaban J connectivity index is 1.34. The summed E-state index contributed by atoms with van der Waals surface area (Å²) in [5.74, 6) is 0.851. The van der Waals surface area contributed by atoms with Gasteiger partial charge in [0.2, 0.25) is 0 Å². The molecule has 0 unspecified atom stereocenters. The monoisotopic (exact) mass is 534 g/mol. The number of carboxylic acid groups (broad SMARTS) is 1. The SMILES string of the molecule is CO/N=C(\CCC(=O)O)c1nc2ccccc2n([C@H]2C[C@H]3CCC[C@@H](C2)N3[C@@H]2C[C@@H]3CCCC[C@@H](C3)C2)c1=O. The fraction of sp³-hybridized carbons (Fsp3) is 0.677. The van der Waals surface area contributed by atoms with Crippen LogP contribution in [0.3, 0.4) is 0 Å². The molecule has 210 valence electrons. The number of aromatic nitrogens is 2. The van der Waals surface area contributed by atoms with Crippen molar-refractivity contribution in [1.29, 1.82) is 0 Å². The smallest absolute Gasteiger partial charge is 0.303 e. The number of aliphatic carboxylic acids is 1. The minimum atomic E-state index is -0.942. The van der Waals surface area contributed by atoms with Crippen LogP contribution in [0.5, 0.6) is 0 Å². The molecule has 2 aliphatic carbocycles. The van der Waals surface area contributed by atoms with Crippen molar-refractivity contribution in [1.82, 2.24) is 14.5 Å². The van der Waals surface area contributed by atoms with Gasteiger partial charge in [0.15, 0.2) is 5.69 Å². The molecule has 6 rings (SSSR count). The molecule has 6 atom stereocenters. The topological polar surface area (TPSA) is 97.0 Å². The molecule has 8 heteroatoms. The summed E-state index contributed by atoms with van der Waals surface area (Å²) in [5.41, 5.74) is 1.90. The van der Waals surface area contributed by atoms with Crippen molar-refractivity contribution in [2.75, 3.05) is 7.11 Å². The number of para-hydroxylation sites is 2. The number of nitrogens with zero attached hydrogens (tertiary/aromatic N) is 4. The zero-order valence-corrected chi connectivity index (χ0v) is 23.1. The highest BCUT2D eigenvalue weighted by molar-refractivity contribution is 6.00. The Morgan fingerprint density at radius 3 is 2.28 bits per heavy atom. The third-order valence-corrected chi connectivity index (χ3v) is 9.99. The van der Waals surface area contributed by atoms with Gasteiger partial charge in [0.05, 0.1) is 17.5 Å². The van der Waals surface area contributed by atoms with Crippen molar-refractivity contribution in [3.05, 3.63) is 40.3 Å². The number of hydrogen-bond acceptors (Lipinski definition) is 6. The molecule has 0 amide bonds. The molecule has 0 radical (unpaired) electrons. The molecule has 2 saturated carbocycles. The molecule has 1 aromatic heterocycles. The van der Waals surface area contributed by atoms with Crippen molar-refractivity contribution in [3.63, 3.8) is 0 Å². The number of fused-ring (bicyclic) bond motifs is 5. The summed E-state index contributed by atoms with van der Waals surface area (Å²) in [5, 5.41) is 13.3. The summed E-state index contributed by atoms with van der Waals surface area (Å²) in [6, 6.07) is 9.61. The number of piperidine rings is 2. The van der Waals surface area contributed by atoms with Gasteiger partial charge in [-0.25, -0.2) is 4.98 Å². The Labute approximate surface area is 230 Å². The largest absolute Gasteiger partial charge is 0.481 e. The van der Waals surface area contributed by atoms with E-state index in [0.29, 0.717) is 23.8 Å². The van der Waals surface area contributed by atoms with Gasteiger partial charge in [0.25, 0.3) is 5.56 Å². The van der Waals surface area contributed by atoms with Gasteiger partial charge in [-0.05, 0) is 68.9 Å². The molecular weight excluding hydrogens is 492 g/mol. The second-order valence-corrected chi connectivity index (χ2v) is 12.4. The Morgan fingerprint density at radius 1 is 0.923 bits per heavy atom. The third-order valence-electron chi connectivity index (χ3n) is 9.99. The van der Waals surface area contributed by atoms with Crippen LogP contribution in [0.25, 0.3) is 11.0 Å². The summed E-state index contributed by atoms with van der Waals surface area (Å²) in [6.07, 6.45) is 15.4. The van der Waals surface area contributed by atoms with Crippen LogP contribution in [-0.4, -0.2) is 56.5 Å². The second kappa shape index (κ2) is 11.4. The Kier molecular flexibility index (Phi) is 7.74. The van der Waals surface area contributed by atoms with Gasteiger partial charge in [-0.3, -0.25) is 14.5 Å². The lowest BCUT2D eigenvalue weighted by atomic mass is 9.73. The van der Waals surface area contributed by atoms with Crippen LogP contribution in [0, 0.1) is 11.8 Å². The third kappa shape index (κ3) is 5.37.